The molecule has 0 aromatic rings. The van der Waals surface area contributed by atoms with Crippen LogP contribution in [0.2, 0.25) is 0 Å². The van der Waals surface area contributed by atoms with Crippen molar-refractivity contribution in [3.63, 3.8) is 0 Å². The van der Waals surface area contributed by atoms with Gasteiger partial charge in [-0.25, -0.2) is 0 Å². The Labute approximate surface area is 92.4 Å². The van der Waals surface area contributed by atoms with Crippen molar-refractivity contribution in [1.29, 1.82) is 10.8 Å². The number of amidine groups is 1. The number of rotatable bonds is 7. The highest BCUT2D eigenvalue weighted by Gasteiger charge is 1.92. The highest BCUT2D eigenvalue weighted by atomic mass is 33.1. The van der Waals surface area contributed by atoms with E-state index in [4.69, 9.17) is 16.6 Å². The van der Waals surface area contributed by atoms with Gasteiger partial charge < -0.3 is 16.4 Å². The molecule has 82 valence electrons. The molecular weight excluding hydrogens is 218 g/mol. The summed E-state index contributed by atoms with van der Waals surface area (Å²) >= 11 is 0. The lowest BCUT2D eigenvalue weighted by molar-refractivity contribution is 0.956. The number of guanidine groups is 1. The van der Waals surface area contributed by atoms with Crippen LogP contribution in [0, 0.1) is 10.8 Å². The largest absolute Gasteiger partial charge is 0.373 e. The van der Waals surface area contributed by atoms with E-state index < -0.39 is 0 Å². The average molecular weight is 235 g/mol. The number of hydrogen-bond donors (Lipinski definition) is 5. The fourth-order valence-electron chi connectivity index (χ4n) is 0.625. The van der Waals surface area contributed by atoms with Crippen LogP contribution in [0.15, 0.2) is 0 Å². The molecule has 0 aliphatic heterocycles. The molecule has 0 unspecified atom stereocenters. The van der Waals surface area contributed by atoms with Gasteiger partial charge in [0.1, 0.15) is 0 Å². The fourth-order valence-corrected chi connectivity index (χ4v) is 2.44. The molecule has 0 aromatic heterocycles. The van der Waals surface area contributed by atoms with Gasteiger partial charge in [-0.1, -0.05) is 21.6 Å². The Balaban J connectivity index is 2.99. The maximum atomic E-state index is 7.11. The molecule has 0 aromatic carbocycles. The van der Waals surface area contributed by atoms with Gasteiger partial charge in [-0.2, -0.15) is 0 Å². The van der Waals surface area contributed by atoms with E-state index in [1.807, 2.05) is 0 Å². The summed E-state index contributed by atoms with van der Waals surface area (Å²) in [6.45, 7) is 3.28. The first kappa shape index (κ1) is 13.4. The maximum absolute atomic E-state index is 7.11. The molecule has 0 atom stereocenters. The number of nitrogens with two attached hydrogens (primary N) is 1. The van der Waals surface area contributed by atoms with Gasteiger partial charge in [0.25, 0.3) is 0 Å². The topological polar surface area (TPSA) is 97.8 Å². The van der Waals surface area contributed by atoms with Gasteiger partial charge in [0.15, 0.2) is 5.96 Å². The third-order valence-electron chi connectivity index (χ3n) is 1.16. The monoisotopic (exact) mass is 235 g/mol. The zero-order valence-electron chi connectivity index (χ0n) is 8.22. The fraction of sp³-hybridized carbons (Fsp3) is 0.714. The highest BCUT2D eigenvalue weighted by molar-refractivity contribution is 8.76. The Morgan fingerprint density at radius 3 is 2.07 bits per heavy atom. The smallest absolute Gasteiger partial charge is 0.185 e. The van der Waals surface area contributed by atoms with Crippen LogP contribution in [0.4, 0.5) is 0 Å². The molecule has 0 bridgehead atoms. The van der Waals surface area contributed by atoms with E-state index in [-0.39, 0.29) is 5.96 Å². The second-order valence-electron chi connectivity index (χ2n) is 2.54. The number of nitrogens with one attached hydrogen (secondary N) is 4. The molecule has 7 heteroatoms. The summed E-state index contributed by atoms with van der Waals surface area (Å²) in [7, 11) is 3.49. The first-order valence-corrected chi connectivity index (χ1v) is 6.73. The second kappa shape index (κ2) is 9.01. The molecule has 0 saturated carbocycles. The van der Waals surface area contributed by atoms with Crippen LogP contribution in [-0.2, 0) is 0 Å². The Morgan fingerprint density at radius 2 is 1.64 bits per heavy atom. The summed E-state index contributed by atoms with van der Waals surface area (Å²) in [4.78, 5) is 0. The molecule has 14 heavy (non-hydrogen) atoms. The van der Waals surface area contributed by atoms with E-state index >= 15 is 0 Å². The molecule has 0 saturated heterocycles. The third kappa shape index (κ3) is 11.4. The van der Waals surface area contributed by atoms with Gasteiger partial charge in [0, 0.05) is 24.6 Å². The van der Waals surface area contributed by atoms with E-state index in [0.717, 1.165) is 24.6 Å². The van der Waals surface area contributed by atoms with E-state index in [2.05, 4.69) is 10.6 Å². The predicted octanol–water partition coefficient (Wildman–Crippen LogP) is 0.438. The van der Waals surface area contributed by atoms with Crippen LogP contribution in [0.3, 0.4) is 0 Å². The minimum Gasteiger partial charge on any atom is -0.373 e. The summed E-state index contributed by atoms with van der Waals surface area (Å²) in [5.41, 5.74) is 5.11. The third-order valence-corrected chi connectivity index (χ3v) is 3.57. The zero-order valence-corrected chi connectivity index (χ0v) is 9.86. The molecule has 0 heterocycles. The highest BCUT2D eigenvalue weighted by Crippen LogP contribution is 2.18. The normalized spacial score (nSPS) is 9.50. The molecule has 0 aliphatic carbocycles. The second-order valence-corrected chi connectivity index (χ2v) is 5.24. The molecule has 0 fully saturated rings. The van der Waals surface area contributed by atoms with Gasteiger partial charge in [-0.05, 0) is 6.92 Å². The Morgan fingerprint density at radius 1 is 1.14 bits per heavy atom. The molecule has 0 amide bonds. The zero-order chi connectivity index (χ0) is 10.8. The van der Waals surface area contributed by atoms with Gasteiger partial charge in [-0.3, -0.25) is 10.8 Å². The van der Waals surface area contributed by atoms with Crippen LogP contribution >= 0.6 is 21.6 Å². The molecule has 0 rings (SSSR count). The van der Waals surface area contributed by atoms with Gasteiger partial charge >= 0.3 is 0 Å². The van der Waals surface area contributed by atoms with Gasteiger partial charge in [0.2, 0.25) is 0 Å². The molecule has 0 radical (unpaired) electrons. The first-order valence-electron chi connectivity index (χ1n) is 4.24. The van der Waals surface area contributed by atoms with Crippen LogP contribution in [0.25, 0.3) is 0 Å². The summed E-state index contributed by atoms with van der Waals surface area (Å²) in [5, 5.41) is 19.7. The lowest BCUT2D eigenvalue weighted by atomic mass is 10.6. The molecule has 5 nitrogen and oxygen atoms in total. The molecule has 0 aliphatic rings. The van der Waals surface area contributed by atoms with Crippen molar-refractivity contribution in [2.75, 3.05) is 24.6 Å². The van der Waals surface area contributed by atoms with Crippen molar-refractivity contribution in [2.24, 2.45) is 5.73 Å². The summed E-state index contributed by atoms with van der Waals surface area (Å²) in [6, 6.07) is 0. The minimum absolute atomic E-state index is 0.0247. The Hall–Kier alpha value is -0.560. The van der Waals surface area contributed by atoms with Crippen LogP contribution < -0.4 is 16.4 Å². The van der Waals surface area contributed by atoms with Crippen molar-refractivity contribution in [2.45, 2.75) is 6.92 Å². The van der Waals surface area contributed by atoms with Crippen molar-refractivity contribution < 1.29 is 0 Å². The molecule has 0 spiro atoms. The van der Waals surface area contributed by atoms with Crippen LogP contribution in [0.5, 0.6) is 0 Å². The minimum atomic E-state index is 0.0247. The van der Waals surface area contributed by atoms with Gasteiger partial charge in [0.05, 0.1) is 5.84 Å². The molecule has 6 N–H and O–H groups in total. The van der Waals surface area contributed by atoms with E-state index in [1.54, 1.807) is 28.5 Å². The SMILES string of the molecule is CC(=N)NCCSSCCNC(=N)N. The molecular formula is C7H17N5S2. The van der Waals surface area contributed by atoms with Crippen LogP contribution in [0.1, 0.15) is 6.92 Å². The van der Waals surface area contributed by atoms with E-state index in [9.17, 15) is 0 Å². The van der Waals surface area contributed by atoms with Crippen molar-refractivity contribution in [3.05, 3.63) is 0 Å². The van der Waals surface area contributed by atoms with E-state index in [1.165, 1.54) is 0 Å². The van der Waals surface area contributed by atoms with E-state index in [0.29, 0.717) is 5.84 Å². The Kier molecular flexibility index (Phi) is 8.65. The van der Waals surface area contributed by atoms with Crippen molar-refractivity contribution in [1.82, 2.24) is 10.6 Å². The van der Waals surface area contributed by atoms with Gasteiger partial charge in [-0.15, -0.1) is 0 Å². The standard InChI is InChI=1S/C7H17N5S2/c1-6(8)11-2-4-13-14-5-3-12-7(9)10/h2-5H2,1H3,(H2,8,11)(H4,9,10,12). The van der Waals surface area contributed by atoms with Crippen LogP contribution in [-0.4, -0.2) is 36.4 Å². The number of hydrogen-bond acceptors (Lipinski definition) is 4. The quantitative estimate of drug-likeness (QED) is 0.191. The first-order chi connectivity index (χ1) is 6.63. The summed E-state index contributed by atoms with van der Waals surface area (Å²) in [5.74, 6) is 2.43. The van der Waals surface area contributed by atoms with Crippen molar-refractivity contribution >= 4 is 33.4 Å². The average Bonchev–Trinajstić information content (AvgIpc) is 2.08. The van der Waals surface area contributed by atoms with Crippen molar-refractivity contribution in [3.8, 4) is 0 Å². The summed E-state index contributed by atoms with van der Waals surface area (Å²) < 4.78 is 0. The Bertz CT molecular complexity index is 165. The summed E-state index contributed by atoms with van der Waals surface area (Å²) in [6.07, 6.45) is 0. The lowest BCUT2D eigenvalue weighted by Gasteiger charge is -2.04. The predicted molar refractivity (Wildman–Crippen MR) is 66.2 cm³/mol. The maximum Gasteiger partial charge on any atom is 0.185 e. The lowest BCUT2D eigenvalue weighted by Crippen LogP contribution is -2.31.